The van der Waals surface area contributed by atoms with Crippen LogP contribution >= 0.6 is 0 Å². The molecule has 0 fully saturated rings. The van der Waals surface area contributed by atoms with E-state index in [2.05, 4.69) is 38.1 Å². The van der Waals surface area contributed by atoms with Gasteiger partial charge in [0.2, 0.25) is 0 Å². The third-order valence-corrected chi connectivity index (χ3v) is 6.46. The quantitative estimate of drug-likeness (QED) is 0.0807. The number of hydrogen-bond acceptors (Lipinski definition) is 6. The van der Waals surface area contributed by atoms with Crippen molar-refractivity contribution in [1.82, 2.24) is 0 Å². The molecule has 220 valence electrons. The van der Waals surface area contributed by atoms with E-state index in [4.69, 9.17) is 23.7 Å². The van der Waals surface area contributed by atoms with Gasteiger partial charge in [0.05, 0.1) is 39.6 Å². The van der Waals surface area contributed by atoms with Gasteiger partial charge in [-0.3, -0.25) is 4.79 Å². The Morgan fingerprint density at radius 1 is 0.553 bits per heavy atom. The van der Waals surface area contributed by atoms with E-state index >= 15 is 0 Å². The largest absolute Gasteiger partial charge is 0.491 e. The Bertz CT molecular complexity index is 633. The third-order valence-electron chi connectivity index (χ3n) is 6.46. The number of ether oxygens (including phenoxy) is 5. The molecule has 0 radical (unpaired) electrons. The Balaban J connectivity index is 1.83. The Morgan fingerprint density at radius 2 is 1.03 bits per heavy atom. The second-order valence-corrected chi connectivity index (χ2v) is 9.94. The first-order chi connectivity index (χ1) is 18.8. The molecule has 0 aliphatic carbocycles. The maximum absolute atomic E-state index is 11.7. The van der Waals surface area contributed by atoms with Gasteiger partial charge in [-0.05, 0) is 37.0 Å². The number of unbranched alkanes of at least 4 members (excludes halogenated alkanes) is 11. The molecule has 0 aromatic heterocycles. The van der Waals surface area contributed by atoms with Gasteiger partial charge < -0.3 is 23.7 Å². The van der Waals surface area contributed by atoms with Crippen LogP contribution in [0, 0.1) is 0 Å². The van der Waals surface area contributed by atoms with Crippen LogP contribution in [0.15, 0.2) is 24.3 Å². The van der Waals surface area contributed by atoms with Crippen LogP contribution in [0.25, 0.3) is 0 Å². The molecule has 6 nitrogen and oxygen atoms in total. The summed E-state index contributed by atoms with van der Waals surface area (Å²) in [5, 5.41) is 0. The van der Waals surface area contributed by atoms with Crippen LogP contribution in [0.4, 0.5) is 0 Å². The standard InChI is InChI=1S/C32H56O6/c1-3-5-7-9-11-12-14-16-30-18-20-31(21-19-30)37-28-26-35-24-22-34-23-25-36-27-29-38-32(33)17-15-13-10-8-6-4-2/h18-21H,3-17,22-29H2,1-2H3. The van der Waals surface area contributed by atoms with E-state index in [0.717, 1.165) is 25.0 Å². The van der Waals surface area contributed by atoms with Crippen LogP contribution in [0.3, 0.4) is 0 Å². The Kier molecular flexibility index (Phi) is 24.4. The van der Waals surface area contributed by atoms with Gasteiger partial charge in [0.15, 0.2) is 0 Å². The first-order valence-corrected chi connectivity index (χ1v) is 15.4. The molecular weight excluding hydrogens is 480 g/mol. The normalized spacial score (nSPS) is 11.1. The molecule has 1 rings (SSSR count). The highest BCUT2D eigenvalue weighted by molar-refractivity contribution is 5.69. The van der Waals surface area contributed by atoms with Gasteiger partial charge in [-0.15, -0.1) is 0 Å². The summed E-state index contributed by atoms with van der Waals surface area (Å²) in [5.41, 5.74) is 1.38. The van der Waals surface area contributed by atoms with Crippen molar-refractivity contribution in [2.24, 2.45) is 0 Å². The van der Waals surface area contributed by atoms with Gasteiger partial charge in [0, 0.05) is 6.42 Å². The first-order valence-electron chi connectivity index (χ1n) is 15.4. The predicted octanol–water partition coefficient (Wildman–Crippen LogP) is 7.70. The number of carbonyl (C=O) groups excluding carboxylic acids is 1. The minimum Gasteiger partial charge on any atom is -0.491 e. The highest BCUT2D eigenvalue weighted by Crippen LogP contribution is 2.15. The molecule has 0 saturated heterocycles. The SMILES string of the molecule is CCCCCCCCCc1ccc(OCCOCCOCCOCCOC(=O)CCCCCCCC)cc1. The zero-order valence-corrected chi connectivity index (χ0v) is 24.5. The number of carbonyl (C=O) groups is 1. The summed E-state index contributed by atoms with van der Waals surface area (Å²) >= 11 is 0. The van der Waals surface area contributed by atoms with Crippen molar-refractivity contribution >= 4 is 5.97 Å². The summed E-state index contributed by atoms with van der Waals surface area (Å²) in [7, 11) is 0. The van der Waals surface area contributed by atoms with E-state index in [-0.39, 0.29) is 5.97 Å². The highest BCUT2D eigenvalue weighted by Gasteiger charge is 2.02. The van der Waals surface area contributed by atoms with E-state index in [1.807, 2.05) is 0 Å². The smallest absolute Gasteiger partial charge is 0.305 e. The summed E-state index contributed by atoms with van der Waals surface area (Å²) in [4.78, 5) is 11.7. The lowest BCUT2D eigenvalue weighted by molar-refractivity contribution is -0.145. The average molecular weight is 537 g/mol. The van der Waals surface area contributed by atoms with E-state index in [1.54, 1.807) is 0 Å². The highest BCUT2D eigenvalue weighted by atomic mass is 16.6. The van der Waals surface area contributed by atoms with E-state index in [0.29, 0.717) is 59.3 Å². The number of rotatable bonds is 28. The van der Waals surface area contributed by atoms with Gasteiger partial charge in [-0.1, -0.05) is 96.6 Å². The van der Waals surface area contributed by atoms with Gasteiger partial charge >= 0.3 is 5.97 Å². The van der Waals surface area contributed by atoms with Crippen molar-refractivity contribution in [3.05, 3.63) is 29.8 Å². The van der Waals surface area contributed by atoms with Crippen LogP contribution in [0.5, 0.6) is 5.75 Å². The summed E-state index contributed by atoms with van der Waals surface area (Å²) in [6.45, 7) is 8.25. The average Bonchev–Trinajstić information content (AvgIpc) is 2.93. The third kappa shape index (κ3) is 22.4. The molecule has 0 saturated carbocycles. The van der Waals surface area contributed by atoms with Crippen molar-refractivity contribution in [1.29, 1.82) is 0 Å². The first kappa shape index (κ1) is 34.4. The van der Waals surface area contributed by atoms with Crippen LogP contribution in [0.2, 0.25) is 0 Å². The molecule has 0 heterocycles. The zero-order chi connectivity index (χ0) is 27.4. The second-order valence-electron chi connectivity index (χ2n) is 9.94. The van der Waals surface area contributed by atoms with Gasteiger partial charge in [-0.2, -0.15) is 0 Å². The lowest BCUT2D eigenvalue weighted by atomic mass is 10.0. The van der Waals surface area contributed by atoms with Crippen molar-refractivity contribution < 1.29 is 28.5 Å². The van der Waals surface area contributed by atoms with E-state index in [9.17, 15) is 4.79 Å². The Hall–Kier alpha value is -1.63. The lowest BCUT2D eigenvalue weighted by Gasteiger charge is -2.09. The van der Waals surface area contributed by atoms with Crippen molar-refractivity contribution in [2.45, 2.75) is 110 Å². The van der Waals surface area contributed by atoms with E-state index in [1.165, 1.54) is 76.2 Å². The maximum Gasteiger partial charge on any atom is 0.305 e. The minimum absolute atomic E-state index is 0.128. The predicted molar refractivity (Wildman–Crippen MR) is 155 cm³/mol. The molecule has 0 aliphatic rings. The topological polar surface area (TPSA) is 63.2 Å². The van der Waals surface area contributed by atoms with E-state index < -0.39 is 0 Å². The van der Waals surface area contributed by atoms with Crippen LogP contribution in [-0.4, -0.2) is 58.8 Å². The van der Waals surface area contributed by atoms with Crippen LogP contribution in [-0.2, 0) is 30.2 Å². The molecule has 0 N–H and O–H groups in total. The van der Waals surface area contributed by atoms with Gasteiger partial charge in [0.1, 0.15) is 19.0 Å². The second kappa shape index (κ2) is 27.0. The molecular formula is C32H56O6. The molecule has 0 bridgehead atoms. The van der Waals surface area contributed by atoms with Crippen molar-refractivity contribution in [2.75, 3.05) is 52.9 Å². The number of hydrogen-bond donors (Lipinski definition) is 0. The molecule has 0 unspecified atom stereocenters. The van der Waals surface area contributed by atoms with Gasteiger partial charge in [-0.25, -0.2) is 0 Å². The fraction of sp³-hybridized carbons (Fsp3) is 0.781. The van der Waals surface area contributed by atoms with Crippen LogP contribution in [0.1, 0.15) is 109 Å². The Morgan fingerprint density at radius 3 is 1.61 bits per heavy atom. The molecule has 0 amide bonds. The summed E-state index contributed by atoms with van der Waals surface area (Å²) in [6, 6.07) is 8.44. The maximum atomic E-state index is 11.7. The monoisotopic (exact) mass is 536 g/mol. The lowest BCUT2D eigenvalue weighted by Crippen LogP contribution is -2.14. The Labute approximate surface area is 233 Å². The molecule has 0 aliphatic heterocycles. The molecule has 6 heteroatoms. The molecule has 1 aromatic carbocycles. The summed E-state index contributed by atoms with van der Waals surface area (Å²) < 4.78 is 27.4. The number of esters is 1. The zero-order valence-electron chi connectivity index (χ0n) is 24.5. The fourth-order valence-electron chi connectivity index (χ4n) is 4.14. The van der Waals surface area contributed by atoms with Gasteiger partial charge in [0.25, 0.3) is 0 Å². The number of aryl methyl sites for hydroxylation is 1. The van der Waals surface area contributed by atoms with Crippen LogP contribution < -0.4 is 4.74 Å². The molecule has 38 heavy (non-hydrogen) atoms. The fourth-order valence-corrected chi connectivity index (χ4v) is 4.14. The summed E-state index contributed by atoms with van der Waals surface area (Å²) in [6.07, 6.45) is 18.1. The molecule has 0 spiro atoms. The van der Waals surface area contributed by atoms with Crippen molar-refractivity contribution in [3.63, 3.8) is 0 Å². The number of benzene rings is 1. The van der Waals surface area contributed by atoms with Crippen molar-refractivity contribution in [3.8, 4) is 5.75 Å². The minimum atomic E-state index is -0.128. The molecule has 1 aromatic rings. The molecule has 0 atom stereocenters. The summed E-state index contributed by atoms with van der Waals surface area (Å²) in [5.74, 6) is 0.760.